The first-order valence-electron chi connectivity index (χ1n) is 8.22. The molecule has 0 saturated carbocycles. The van der Waals surface area contributed by atoms with E-state index in [1.807, 2.05) is 37.3 Å². The van der Waals surface area contributed by atoms with E-state index >= 15 is 0 Å². The normalized spacial score (nSPS) is 11.4. The molecule has 6 nitrogen and oxygen atoms in total. The summed E-state index contributed by atoms with van der Waals surface area (Å²) < 4.78 is 9.37. The maximum absolute atomic E-state index is 12.3. The fourth-order valence-electron chi connectivity index (χ4n) is 2.39. The maximum Gasteiger partial charge on any atom is 0.337 e. The van der Waals surface area contributed by atoms with Crippen molar-refractivity contribution in [3.05, 3.63) is 65.2 Å². The number of esters is 2. The Labute approximate surface area is 162 Å². The zero-order chi connectivity index (χ0) is 19.8. The summed E-state index contributed by atoms with van der Waals surface area (Å²) in [5.41, 5.74) is 1.77. The van der Waals surface area contributed by atoms with Crippen molar-refractivity contribution >= 4 is 35.3 Å². The Balaban J connectivity index is 2.07. The first kappa shape index (κ1) is 20.5. The maximum atomic E-state index is 12.3. The smallest absolute Gasteiger partial charge is 0.337 e. The third-order valence-electron chi connectivity index (χ3n) is 3.79. The lowest BCUT2D eigenvalue weighted by Gasteiger charge is -2.12. The molecule has 0 fully saturated rings. The van der Waals surface area contributed by atoms with E-state index in [1.165, 1.54) is 44.2 Å². The highest BCUT2D eigenvalue weighted by Gasteiger charge is 2.15. The monoisotopic (exact) mass is 387 g/mol. The zero-order valence-corrected chi connectivity index (χ0v) is 16.2. The molecule has 142 valence electrons. The minimum atomic E-state index is -0.608. The molecular weight excluding hydrogens is 366 g/mol. The van der Waals surface area contributed by atoms with Crippen LogP contribution in [0.5, 0.6) is 0 Å². The van der Waals surface area contributed by atoms with Crippen molar-refractivity contribution in [3.63, 3.8) is 0 Å². The molecule has 0 aromatic heterocycles. The van der Waals surface area contributed by atoms with Crippen molar-refractivity contribution in [2.75, 3.05) is 25.3 Å². The number of rotatable bonds is 7. The molecule has 0 heterocycles. The number of anilines is 1. The molecule has 0 bridgehead atoms. The van der Waals surface area contributed by atoms with Gasteiger partial charge in [0.1, 0.15) is 0 Å². The van der Waals surface area contributed by atoms with E-state index in [2.05, 4.69) is 14.8 Å². The largest absolute Gasteiger partial charge is 0.465 e. The van der Waals surface area contributed by atoms with E-state index in [0.717, 1.165) is 5.56 Å². The molecule has 0 saturated heterocycles. The molecule has 1 atom stereocenters. The van der Waals surface area contributed by atoms with E-state index in [4.69, 9.17) is 0 Å². The van der Waals surface area contributed by atoms with Crippen LogP contribution < -0.4 is 5.32 Å². The van der Waals surface area contributed by atoms with Crippen LogP contribution in [-0.4, -0.2) is 37.8 Å². The SMILES string of the molecule is COC(=O)c1cc(NC(=O)CS[C@H](C)c2ccccc2)cc(C(=O)OC)c1. The van der Waals surface area contributed by atoms with Gasteiger partial charge in [0.25, 0.3) is 0 Å². The predicted octanol–water partition coefficient (Wildman–Crippen LogP) is 3.69. The van der Waals surface area contributed by atoms with Crippen LogP contribution in [0.4, 0.5) is 5.69 Å². The number of ether oxygens (including phenoxy) is 2. The lowest BCUT2D eigenvalue weighted by Crippen LogP contribution is -2.16. The van der Waals surface area contributed by atoms with Crippen LogP contribution >= 0.6 is 11.8 Å². The Kier molecular flexibility index (Phi) is 7.43. The Morgan fingerprint density at radius 3 is 2.04 bits per heavy atom. The van der Waals surface area contributed by atoms with Crippen LogP contribution in [0, 0.1) is 0 Å². The Hall–Kier alpha value is -2.80. The van der Waals surface area contributed by atoms with E-state index in [9.17, 15) is 14.4 Å². The number of benzene rings is 2. The van der Waals surface area contributed by atoms with Crippen molar-refractivity contribution < 1.29 is 23.9 Å². The average molecular weight is 387 g/mol. The lowest BCUT2D eigenvalue weighted by molar-refractivity contribution is -0.113. The molecule has 0 aliphatic carbocycles. The molecule has 2 rings (SSSR count). The minimum absolute atomic E-state index is 0.154. The Morgan fingerprint density at radius 2 is 1.52 bits per heavy atom. The first-order valence-corrected chi connectivity index (χ1v) is 9.27. The predicted molar refractivity (Wildman–Crippen MR) is 105 cm³/mol. The van der Waals surface area contributed by atoms with Gasteiger partial charge in [0.15, 0.2) is 0 Å². The Bertz CT molecular complexity index is 788. The number of amides is 1. The molecule has 2 aromatic rings. The first-order chi connectivity index (χ1) is 12.9. The molecule has 0 unspecified atom stereocenters. The molecule has 0 spiro atoms. The summed E-state index contributed by atoms with van der Waals surface area (Å²) >= 11 is 1.49. The van der Waals surface area contributed by atoms with Gasteiger partial charge in [-0.1, -0.05) is 30.3 Å². The van der Waals surface area contributed by atoms with Crippen molar-refractivity contribution in [3.8, 4) is 0 Å². The molecule has 0 aliphatic rings. The molecule has 1 N–H and O–H groups in total. The van der Waals surface area contributed by atoms with Crippen molar-refractivity contribution in [1.29, 1.82) is 0 Å². The molecule has 0 aliphatic heterocycles. The van der Waals surface area contributed by atoms with Crippen LogP contribution in [0.3, 0.4) is 0 Å². The van der Waals surface area contributed by atoms with Gasteiger partial charge in [0.05, 0.1) is 31.1 Å². The third kappa shape index (κ3) is 5.86. The summed E-state index contributed by atoms with van der Waals surface area (Å²) in [6, 6.07) is 14.2. The minimum Gasteiger partial charge on any atom is -0.465 e. The fraction of sp³-hybridized carbons (Fsp3) is 0.250. The van der Waals surface area contributed by atoms with Gasteiger partial charge in [-0.25, -0.2) is 9.59 Å². The van der Waals surface area contributed by atoms with Crippen LogP contribution in [0.1, 0.15) is 38.5 Å². The number of hydrogen-bond donors (Lipinski definition) is 1. The second kappa shape index (κ2) is 9.78. The van der Waals surface area contributed by atoms with Crippen molar-refractivity contribution in [2.24, 2.45) is 0 Å². The molecule has 7 heteroatoms. The Morgan fingerprint density at radius 1 is 0.963 bits per heavy atom. The van der Waals surface area contributed by atoms with Gasteiger partial charge in [0, 0.05) is 10.9 Å². The summed E-state index contributed by atoms with van der Waals surface area (Å²) in [6.45, 7) is 2.03. The highest BCUT2D eigenvalue weighted by atomic mass is 32.2. The van der Waals surface area contributed by atoms with Crippen molar-refractivity contribution in [2.45, 2.75) is 12.2 Å². The number of carbonyl (C=O) groups is 3. The van der Waals surface area contributed by atoms with E-state index in [-0.39, 0.29) is 28.0 Å². The van der Waals surface area contributed by atoms with Gasteiger partial charge in [-0.2, -0.15) is 0 Å². The number of nitrogens with one attached hydrogen (secondary N) is 1. The summed E-state index contributed by atoms with van der Waals surface area (Å²) in [5, 5.41) is 2.87. The second-order valence-electron chi connectivity index (χ2n) is 5.69. The molecular formula is C20H21NO5S. The van der Waals surface area contributed by atoms with E-state index in [0.29, 0.717) is 5.69 Å². The number of methoxy groups -OCH3 is 2. The van der Waals surface area contributed by atoms with Gasteiger partial charge in [-0.3, -0.25) is 4.79 Å². The topological polar surface area (TPSA) is 81.7 Å². The zero-order valence-electron chi connectivity index (χ0n) is 15.4. The summed E-state index contributed by atoms with van der Waals surface area (Å²) in [6.07, 6.45) is 0. The molecule has 27 heavy (non-hydrogen) atoms. The van der Waals surface area contributed by atoms with Crippen LogP contribution in [0.2, 0.25) is 0 Å². The van der Waals surface area contributed by atoms with E-state index in [1.54, 1.807) is 0 Å². The molecule has 0 radical (unpaired) electrons. The number of hydrogen-bond acceptors (Lipinski definition) is 6. The van der Waals surface area contributed by atoms with Gasteiger partial charge >= 0.3 is 11.9 Å². The second-order valence-corrected chi connectivity index (χ2v) is 7.02. The molecule has 1 amide bonds. The number of thioether (sulfide) groups is 1. The summed E-state index contributed by atoms with van der Waals surface area (Å²) in [7, 11) is 2.49. The standard InChI is InChI=1S/C20H21NO5S/c1-13(14-7-5-4-6-8-14)27-12-18(22)21-17-10-15(19(23)25-2)9-16(11-17)20(24)26-3/h4-11,13H,12H2,1-3H3,(H,21,22)/t13-/m1/s1. The molecule has 2 aromatic carbocycles. The van der Waals surface area contributed by atoms with Gasteiger partial charge in [-0.15, -0.1) is 11.8 Å². The average Bonchev–Trinajstić information content (AvgIpc) is 2.71. The van der Waals surface area contributed by atoms with Crippen molar-refractivity contribution in [1.82, 2.24) is 0 Å². The van der Waals surface area contributed by atoms with Crippen LogP contribution in [0.25, 0.3) is 0 Å². The van der Waals surface area contributed by atoms with Gasteiger partial charge in [0.2, 0.25) is 5.91 Å². The lowest BCUT2D eigenvalue weighted by atomic mass is 10.1. The van der Waals surface area contributed by atoms with E-state index < -0.39 is 11.9 Å². The fourth-order valence-corrected chi connectivity index (χ4v) is 3.21. The summed E-state index contributed by atoms with van der Waals surface area (Å²) in [4.78, 5) is 35.9. The van der Waals surface area contributed by atoms with Gasteiger partial charge < -0.3 is 14.8 Å². The quantitative estimate of drug-likeness (QED) is 0.730. The highest BCUT2D eigenvalue weighted by Crippen LogP contribution is 2.28. The number of carbonyl (C=O) groups excluding carboxylic acids is 3. The summed E-state index contributed by atoms with van der Waals surface area (Å²) in [5.74, 6) is -1.22. The van der Waals surface area contributed by atoms with Crippen LogP contribution in [0.15, 0.2) is 48.5 Å². The van der Waals surface area contributed by atoms with Gasteiger partial charge in [-0.05, 0) is 30.7 Å². The third-order valence-corrected chi connectivity index (χ3v) is 4.99. The highest BCUT2D eigenvalue weighted by molar-refractivity contribution is 8.00. The van der Waals surface area contributed by atoms with Crippen LogP contribution in [-0.2, 0) is 14.3 Å².